The molecule has 0 amide bonds. The summed E-state index contributed by atoms with van der Waals surface area (Å²) in [6.07, 6.45) is 1.67. The van der Waals surface area contributed by atoms with Crippen LogP contribution < -0.4 is 5.73 Å². The highest BCUT2D eigenvalue weighted by Crippen LogP contribution is 2.23. The first-order valence-corrected chi connectivity index (χ1v) is 6.98. The standard InChI is InChI=1S/C12H10BrClN6/c1-6-17-10(15)9-11(18-6)20(12(13)19-9)5-7-2-3-16-8(14)4-7/h2-4H,5H2,1H3,(H2,15,17,18). The van der Waals surface area contributed by atoms with Crippen molar-refractivity contribution in [1.29, 1.82) is 0 Å². The topological polar surface area (TPSA) is 82.5 Å². The van der Waals surface area contributed by atoms with E-state index in [9.17, 15) is 0 Å². The molecule has 0 aliphatic rings. The Kier molecular flexibility index (Phi) is 3.31. The highest BCUT2D eigenvalue weighted by molar-refractivity contribution is 9.10. The van der Waals surface area contributed by atoms with Crippen LogP contribution in [-0.2, 0) is 6.54 Å². The van der Waals surface area contributed by atoms with Crippen LogP contribution in [0.15, 0.2) is 23.1 Å². The number of anilines is 1. The molecule has 0 aliphatic heterocycles. The van der Waals surface area contributed by atoms with Gasteiger partial charge in [-0.15, -0.1) is 0 Å². The van der Waals surface area contributed by atoms with Crippen molar-refractivity contribution in [2.45, 2.75) is 13.5 Å². The van der Waals surface area contributed by atoms with Crippen LogP contribution in [0.1, 0.15) is 11.4 Å². The Bertz CT molecular complexity index is 800. The lowest BCUT2D eigenvalue weighted by molar-refractivity contribution is 0.787. The smallest absolute Gasteiger partial charge is 0.179 e. The van der Waals surface area contributed by atoms with E-state index in [4.69, 9.17) is 17.3 Å². The van der Waals surface area contributed by atoms with Gasteiger partial charge in [-0.25, -0.2) is 19.9 Å². The molecule has 102 valence electrons. The van der Waals surface area contributed by atoms with Gasteiger partial charge >= 0.3 is 0 Å². The lowest BCUT2D eigenvalue weighted by Gasteiger charge is -2.06. The number of hydrogen-bond donors (Lipinski definition) is 1. The Morgan fingerprint density at radius 3 is 2.90 bits per heavy atom. The van der Waals surface area contributed by atoms with E-state index in [2.05, 4.69) is 35.9 Å². The lowest BCUT2D eigenvalue weighted by Crippen LogP contribution is -2.03. The first kappa shape index (κ1) is 13.3. The van der Waals surface area contributed by atoms with Crippen molar-refractivity contribution in [3.8, 4) is 0 Å². The van der Waals surface area contributed by atoms with Gasteiger partial charge in [-0.05, 0) is 40.5 Å². The van der Waals surface area contributed by atoms with E-state index in [0.29, 0.717) is 39.2 Å². The van der Waals surface area contributed by atoms with Gasteiger partial charge < -0.3 is 5.73 Å². The van der Waals surface area contributed by atoms with E-state index in [-0.39, 0.29) is 0 Å². The van der Waals surface area contributed by atoms with Crippen molar-refractivity contribution in [2.24, 2.45) is 0 Å². The van der Waals surface area contributed by atoms with Crippen molar-refractivity contribution in [3.63, 3.8) is 0 Å². The normalized spacial score (nSPS) is 11.2. The number of halogens is 2. The first-order chi connectivity index (χ1) is 9.54. The average molecular weight is 354 g/mol. The molecule has 3 heterocycles. The summed E-state index contributed by atoms with van der Waals surface area (Å²) in [6.45, 7) is 2.36. The van der Waals surface area contributed by atoms with E-state index in [0.717, 1.165) is 5.56 Å². The fraction of sp³-hybridized carbons (Fsp3) is 0.167. The van der Waals surface area contributed by atoms with Crippen LogP contribution in [-0.4, -0.2) is 24.5 Å². The summed E-state index contributed by atoms with van der Waals surface area (Å²) < 4.78 is 2.55. The SMILES string of the molecule is Cc1nc(N)c2nc(Br)n(Cc3ccnc(Cl)c3)c2n1. The molecule has 6 nitrogen and oxygen atoms in total. The summed E-state index contributed by atoms with van der Waals surface area (Å²) in [5.41, 5.74) is 8.15. The molecule has 0 radical (unpaired) electrons. The maximum Gasteiger partial charge on any atom is 0.179 e. The van der Waals surface area contributed by atoms with Crippen LogP contribution in [0, 0.1) is 6.92 Å². The summed E-state index contributed by atoms with van der Waals surface area (Å²) >= 11 is 9.32. The molecule has 20 heavy (non-hydrogen) atoms. The summed E-state index contributed by atoms with van der Waals surface area (Å²) in [5, 5.41) is 0.452. The monoisotopic (exact) mass is 352 g/mol. The molecule has 2 N–H and O–H groups in total. The first-order valence-electron chi connectivity index (χ1n) is 5.81. The van der Waals surface area contributed by atoms with Crippen molar-refractivity contribution in [3.05, 3.63) is 39.6 Å². The van der Waals surface area contributed by atoms with Gasteiger partial charge in [0, 0.05) is 6.20 Å². The van der Waals surface area contributed by atoms with Crippen LogP contribution in [0.25, 0.3) is 11.2 Å². The molecule has 3 aromatic heterocycles. The molecule has 0 fully saturated rings. The van der Waals surface area contributed by atoms with Gasteiger partial charge in [0.05, 0.1) is 6.54 Å². The molecule has 0 unspecified atom stereocenters. The molecule has 0 atom stereocenters. The predicted octanol–water partition coefficient (Wildman–Crippen LogP) is 2.58. The van der Waals surface area contributed by atoms with E-state index in [1.807, 2.05) is 10.6 Å². The highest BCUT2D eigenvalue weighted by atomic mass is 79.9. The lowest BCUT2D eigenvalue weighted by atomic mass is 10.3. The second-order valence-corrected chi connectivity index (χ2v) is 5.38. The van der Waals surface area contributed by atoms with Crippen LogP contribution in [0.5, 0.6) is 0 Å². The number of aryl methyl sites for hydroxylation is 1. The molecular weight excluding hydrogens is 344 g/mol. The number of aromatic nitrogens is 5. The van der Waals surface area contributed by atoms with Gasteiger partial charge in [0.25, 0.3) is 0 Å². The van der Waals surface area contributed by atoms with Gasteiger partial charge in [0.1, 0.15) is 11.0 Å². The third-order valence-corrected chi connectivity index (χ3v) is 3.63. The molecule has 0 aliphatic carbocycles. The van der Waals surface area contributed by atoms with Crippen molar-refractivity contribution in [2.75, 3.05) is 5.73 Å². The molecule has 3 rings (SSSR count). The number of nitrogens with two attached hydrogens (primary N) is 1. The number of hydrogen-bond acceptors (Lipinski definition) is 5. The Morgan fingerprint density at radius 2 is 2.15 bits per heavy atom. The van der Waals surface area contributed by atoms with Crippen LogP contribution in [0.2, 0.25) is 5.15 Å². The Balaban J connectivity index is 2.14. The van der Waals surface area contributed by atoms with Gasteiger partial charge in [0.2, 0.25) is 0 Å². The number of pyridine rings is 1. The molecule has 0 bridgehead atoms. The minimum absolute atomic E-state index is 0.375. The quantitative estimate of drug-likeness (QED) is 0.565. The zero-order chi connectivity index (χ0) is 14.3. The molecule has 0 saturated heterocycles. The second-order valence-electron chi connectivity index (χ2n) is 4.28. The number of rotatable bonds is 2. The van der Waals surface area contributed by atoms with Crippen LogP contribution in [0.4, 0.5) is 5.82 Å². The van der Waals surface area contributed by atoms with Gasteiger partial charge in [-0.3, -0.25) is 4.57 Å². The van der Waals surface area contributed by atoms with Gasteiger partial charge in [0.15, 0.2) is 21.7 Å². The fourth-order valence-electron chi connectivity index (χ4n) is 1.97. The van der Waals surface area contributed by atoms with E-state index in [1.54, 1.807) is 19.2 Å². The van der Waals surface area contributed by atoms with Crippen LogP contribution in [0.3, 0.4) is 0 Å². The number of nitrogens with zero attached hydrogens (tertiary/aromatic N) is 5. The summed E-state index contributed by atoms with van der Waals surface area (Å²) in [7, 11) is 0. The third kappa shape index (κ3) is 2.34. The third-order valence-electron chi connectivity index (χ3n) is 2.82. The van der Waals surface area contributed by atoms with Crippen molar-refractivity contribution >= 4 is 44.5 Å². The largest absolute Gasteiger partial charge is 0.382 e. The predicted molar refractivity (Wildman–Crippen MR) is 80.5 cm³/mol. The second kappa shape index (κ2) is 4.99. The zero-order valence-electron chi connectivity index (χ0n) is 10.5. The van der Waals surface area contributed by atoms with E-state index < -0.39 is 0 Å². The van der Waals surface area contributed by atoms with Gasteiger partial charge in [-0.2, -0.15) is 0 Å². The number of fused-ring (bicyclic) bond motifs is 1. The maximum atomic E-state index is 5.90. The summed E-state index contributed by atoms with van der Waals surface area (Å²) in [5.74, 6) is 0.983. The number of imidazole rings is 1. The molecule has 8 heteroatoms. The Labute approximate surface area is 128 Å². The van der Waals surface area contributed by atoms with E-state index in [1.165, 1.54) is 0 Å². The zero-order valence-corrected chi connectivity index (χ0v) is 12.9. The van der Waals surface area contributed by atoms with Crippen molar-refractivity contribution in [1.82, 2.24) is 24.5 Å². The fourth-order valence-corrected chi connectivity index (χ4v) is 2.64. The Morgan fingerprint density at radius 1 is 1.35 bits per heavy atom. The molecule has 0 spiro atoms. The summed E-state index contributed by atoms with van der Waals surface area (Å²) in [4.78, 5) is 16.8. The van der Waals surface area contributed by atoms with Crippen LogP contribution >= 0.6 is 27.5 Å². The molecule has 0 aromatic carbocycles. The average Bonchev–Trinajstić information content (AvgIpc) is 2.68. The van der Waals surface area contributed by atoms with Crippen molar-refractivity contribution < 1.29 is 0 Å². The van der Waals surface area contributed by atoms with Gasteiger partial charge in [-0.1, -0.05) is 11.6 Å². The molecular formula is C12H10BrClN6. The Hall–Kier alpha value is -1.73. The molecule has 3 aromatic rings. The maximum absolute atomic E-state index is 5.90. The minimum atomic E-state index is 0.375. The molecule has 0 saturated carbocycles. The number of nitrogen functional groups attached to an aromatic ring is 1. The summed E-state index contributed by atoms with van der Waals surface area (Å²) in [6, 6.07) is 3.69. The minimum Gasteiger partial charge on any atom is -0.382 e. The van der Waals surface area contributed by atoms with E-state index >= 15 is 0 Å². The highest BCUT2D eigenvalue weighted by Gasteiger charge is 2.14.